The summed E-state index contributed by atoms with van der Waals surface area (Å²) in [6.45, 7) is 13.8. The maximum absolute atomic E-state index is 13.2. The molecule has 0 aromatic heterocycles. The van der Waals surface area contributed by atoms with Crippen LogP contribution in [-0.4, -0.2) is 35.5 Å². The summed E-state index contributed by atoms with van der Waals surface area (Å²) in [6, 6.07) is 0. The smallest absolute Gasteiger partial charge is 0.238 e. The number of allylic oxidation sites excluding steroid dienone is 1. The lowest BCUT2D eigenvalue weighted by atomic mass is 10.3. The minimum atomic E-state index is -2.48. The Morgan fingerprint density at radius 1 is 0.882 bits per heavy atom. The van der Waals surface area contributed by atoms with Crippen molar-refractivity contribution in [2.24, 2.45) is 0 Å². The van der Waals surface area contributed by atoms with Crippen LogP contribution in [0.4, 0.5) is 0 Å². The van der Waals surface area contributed by atoms with Crippen molar-refractivity contribution in [3.05, 3.63) is 11.9 Å². The molecule has 0 spiro atoms. The second-order valence-corrected chi connectivity index (χ2v) is 6.65. The lowest BCUT2D eigenvalue weighted by molar-refractivity contribution is 0.368. The first-order valence-corrected chi connectivity index (χ1v) is 8.56. The summed E-state index contributed by atoms with van der Waals surface area (Å²) >= 11 is 0. The van der Waals surface area contributed by atoms with Crippen LogP contribution in [-0.2, 0) is 4.57 Å². The molecule has 0 unspecified atom stereocenters. The quantitative estimate of drug-likeness (QED) is 0.581. The fraction of sp³-hybridized carbons (Fsp3) is 0.846. The maximum atomic E-state index is 13.2. The van der Waals surface area contributed by atoms with E-state index in [0.717, 1.165) is 39.0 Å². The molecule has 0 rings (SSSR count). The zero-order valence-corrected chi connectivity index (χ0v) is 13.0. The van der Waals surface area contributed by atoms with E-state index in [9.17, 15) is 4.57 Å². The van der Waals surface area contributed by atoms with E-state index in [-0.39, 0.29) is 0 Å². The first kappa shape index (κ1) is 16.9. The molecule has 0 saturated carbocycles. The van der Waals surface area contributed by atoms with Crippen LogP contribution in [0.15, 0.2) is 11.9 Å². The summed E-state index contributed by atoms with van der Waals surface area (Å²) in [6.07, 6.45) is 4.19. The predicted molar refractivity (Wildman–Crippen MR) is 77.5 cm³/mol. The monoisotopic (exact) mass is 260 g/mol. The van der Waals surface area contributed by atoms with Crippen molar-refractivity contribution in [3.63, 3.8) is 0 Å². The summed E-state index contributed by atoms with van der Waals surface area (Å²) < 4.78 is 17.4. The molecule has 0 heterocycles. The van der Waals surface area contributed by atoms with E-state index in [1.807, 2.05) is 5.82 Å². The Bertz CT molecular complexity index is 242. The second kappa shape index (κ2) is 8.91. The number of hydrogen-bond donors (Lipinski definition) is 0. The molecular weight excluding hydrogens is 231 g/mol. The van der Waals surface area contributed by atoms with E-state index < -0.39 is 7.44 Å². The van der Waals surface area contributed by atoms with Crippen LogP contribution in [0.5, 0.6) is 0 Å². The number of nitrogens with zero attached hydrogens (tertiary/aromatic N) is 2. The van der Waals surface area contributed by atoms with Crippen molar-refractivity contribution in [2.75, 3.05) is 26.2 Å². The Balaban J connectivity index is 5.10. The molecule has 0 saturated heterocycles. The summed E-state index contributed by atoms with van der Waals surface area (Å²) in [5, 5.41) is 0. The van der Waals surface area contributed by atoms with E-state index in [0.29, 0.717) is 0 Å². The Labute approximate surface area is 107 Å². The SMILES string of the molecule is CCCC=CP(=O)(N(CC)CC)N(CC)CC. The normalized spacial score (nSPS) is 13.1. The van der Waals surface area contributed by atoms with Gasteiger partial charge < -0.3 is 0 Å². The summed E-state index contributed by atoms with van der Waals surface area (Å²) in [5.41, 5.74) is 0. The van der Waals surface area contributed by atoms with E-state index in [4.69, 9.17) is 0 Å². The van der Waals surface area contributed by atoms with E-state index in [1.54, 1.807) is 0 Å². The van der Waals surface area contributed by atoms with Crippen LogP contribution < -0.4 is 0 Å². The molecule has 0 amide bonds. The second-order valence-electron chi connectivity index (χ2n) is 4.04. The lowest BCUT2D eigenvalue weighted by Crippen LogP contribution is -2.30. The van der Waals surface area contributed by atoms with Crippen molar-refractivity contribution in [1.82, 2.24) is 9.34 Å². The van der Waals surface area contributed by atoms with E-state index in [1.165, 1.54) is 0 Å². The third kappa shape index (κ3) is 4.57. The maximum Gasteiger partial charge on any atom is 0.238 e. The van der Waals surface area contributed by atoms with Gasteiger partial charge in [0.2, 0.25) is 7.44 Å². The minimum Gasteiger partial charge on any atom is -0.284 e. The van der Waals surface area contributed by atoms with Crippen LogP contribution in [0.1, 0.15) is 47.5 Å². The third-order valence-electron chi connectivity index (χ3n) is 3.03. The van der Waals surface area contributed by atoms with Gasteiger partial charge in [-0.3, -0.25) is 4.57 Å². The Kier molecular flexibility index (Phi) is 8.85. The predicted octanol–water partition coefficient (Wildman–Crippen LogP) is 4.18. The van der Waals surface area contributed by atoms with Crippen molar-refractivity contribution in [2.45, 2.75) is 47.5 Å². The highest BCUT2D eigenvalue weighted by Crippen LogP contribution is 2.54. The minimum absolute atomic E-state index is 0.834. The summed E-state index contributed by atoms with van der Waals surface area (Å²) in [4.78, 5) is 0. The van der Waals surface area contributed by atoms with E-state index in [2.05, 4.69) is 50.0 Å². The fourth-order valence-corrected chi connectivity index (χ4v) is 4.78. The van der Waals surface area contributed by atoms with E-state index >= 15 is 0 Å². The van der Waals surface area contributed by atoms with Gasteiger partial charge in [-0.25, -0.2) is 9.34 Å². The van der Waals surface area contributed by atoms with Crippen LogP contribution in [0.2, 0.25) is 0 Å². The fourth-order valence-electron chi connectivity index (χ4n) is 2.00. The standard InChI is InChI=1S/C13H29N2OP/c1-6-11-12-13-17(16,14(7-2)8-3)15(9-4)10-5/h12-13H,6-11H2,1-5H3. The zero-order chi connectivity index (χ0) is 13.3. The molecule has 0 atom stereocenters. The molecule has 4 heteroatoms. The highest BCUT2D eigenvalue weighted by atomic mass is 31.2. The average molecular weight is 260 g/mol. The molecule has 0 aromatic rings. The Morgan fingerprint density at radius 2 is 1.29 bits per heavy atom. The molecule has 0 aliphatic rings. The van der Waals surface area contributed by atoms with Gasteiger partial charge in [0.05, 0.1) is 0 Å². The lowest BCUT2D eigenvalue weighted by Gasteiger charge is -2.35. The first-order valence-electron chi connectivity index (χ1n) is 6.88. The molecule has 0 aliphatic carbocycles. The average Bonchev–Trinajstić information content (AvgIpc) is 2.32. The van der Waals surface area contributed by atoms with Crippen LogP contribution in [0.3, 0.4) is 0 Å². The van der Waals surface area contributed by atoms with Gasteiger partial charge >= 0.3 is 0 Å². The zero-order valence-electron chi connectivity index (χ0n) is 12.1. The molecule has 0 aliphatic heterocycles. The topological polar surface area (TPSA) is 23.6 Å². The molecule has 3 nitrogen and oxygen atoms in total. The Hall–Kier alpha value is -0.110. The van der Waals surface area contributed by atoms with Gasteiger partial charge in [-0.15, -0.1) is 0 Å². The highest BCUT2D eigenvalue weighted by molar-refractivity contribution is 7.62. The summed E-state index contributed by atoms with van der Waals surface area (Å²) in [5.74, 6) is 1.95. The van der Waals surface area contributed by atoms with Crippen molar-refractivity contribution < 1.29 is 4.57 Å². The van der Waals surface area contributed by atoms with Crippen LogP contribution in [0.25, 0.3) is 0 Å². The van der Waals surface area contributed by atoms with Crippen molar-refractivity contribution in [3.8, 4) is 0 Å². The van der Waals surface area contributed by atoms with Gasteiger partial charge in [0, 0.05) is 32.0 Å². The first-order chi connectivity index (χ1) is 8.10. The van der Waals surface area contributed by atoms with Crippen LogP contribution in [0, 0.1) is 0 Å². The van der Waals surface area contributed by atoms with Gasteiger partial charge in [0.1, 0.15) is 0 Å². The molecule has 102 valence electrons. The van der Waals surface area contributed by atoms with Crippen molar-refractivity contribution >= 4 is 7.44 Å². The van der Waals surface area contributed by atoms with Crippen LogP contribution >= 0.6 is 7.44 Å². The number of unbranched alkanes of at least 4 members (excludes halogenated alkanes) is 1. The van der Waals surface area contributed by atoms with Gasteiger partial charge in [-0.05, 0) is 6.42 Å². The Morgan fingerprint density at radius 3 is 1.59 bits per heavy atom. The van der Waals surface area contributed by atoms with Gasteiger partial charge in [0.25, 0.3) is 0 Å². The van der Waals surface area contributed by atoms with Gasteiger partial charge in [-0.1, -0.05) is 47.1 Å². The molecule has 0 aromatic carbocycles. The molecule has 0 N–H and O–H groups in total. The number of rotatable bonds is 9. The van der Waals surface area contributed by atoms with Crippen molar-refractivity contribution in [1.29, 1.82) is 0 Å². The van der Waals surface area contributed by atoms with Gasteiger partial charge in [-0.2, -0.15) is 0 Å². The molecule has 0 fully saturated rings. The molecule has 17 heavy (non-hydrogen) atoms. The highest BCUT2D eigenvalue weighted by Gasteiger charge is 2.30. The largest absolute Gasteiger partial charge is 0.284 e. The number of hydrogen-bond acceptors (Lipinski definition) is 1. The third-order valence-corrected chi connectivity index (χ3v) is 6.38. The summed E-state index contributed by atoms with van der Waals surface area (Å²) in [7, 11) is -2.48. The molecule has 0 bridgehead atoms. The molecule has 0 radical (unpaired) electrons. The van der Waals surface area contributed by atoms with Gasteiger partial charge in [0.15, 0.2) is 0 Å². The molecular formula is C13H29N2OP.